The Morgan fingerprint density at radius 3 is 2.43 bits per heavy atom. The first-order valence-corrected chi connectivity index (χ1v) is 14.1. The van der Waals surface area contributed by atoms with Crippen LogP contribution in [0.25, 0.3) is 0 Å². The van der Waals surface area contributed by atoms with Crippen LogP contribution in [0.15, 0.2) is 47.4 Å². The van der Waals surface area contributed by atoms with Crippen LogP contribution in [0.1, 0.15) is 37.5 Å². The summed E-state index contributed by atoms with van der Waals surface area (Å²) in [7, 11) is -0.747. The van der Waals surface area contributed by atoms with Gasteiger partial charge in [-0.2, -0.15) is 0 Å². The quantitative estimate of drug-likeness (QED) is 0.449. The molecule has 3 aromatic rings. The summed E-state index contributed by atoms with van der Waals surface area (Å²) in [6.45, 7) is 6.71. The van der Waals surface area contributed by atoms with E-state index in [-0.39, 0.29) is 4.90 Å². The minimum absolute atomic E-state index is 0.0917. The van der Waals surface area contributed by atoms with Gasteiger partial charge >= 0.3 is 5.97 Å². The Labute approximate surface area is 221 Å². The first-order chi connectivity index (χ1) is 17.5. The zero-order valence-corrected chi connectivity index (χ0v) is 23.3. The van der Waals surface area contributed by atoms with E-state index in [1.165, 1.54) is 30.6 Å². The number of fused-ring (bicyclic) bond motifs is 1. The third-order valence-corrected chi connectivity index (χ3v) is 9.49. The first kappa shape index (κ1) is 26.8. The smallest absolute Gasteiger partial charge is 0.341 e. The summed E-state index contributed by atoms with van der Waals surface area (Å²) in [4.78, 5) is 29.2. The lowest BCUT2D eigenvalue weighted by Gasteiger charge is -2.25. The molecule has 1 amide bonds. The fourth-order valence-electron chi connectivity index (χ4n) is 4.27. The van der Waals surface area contributed by atoms with Crippen molar-refractivity contribution in [3.05, 3.63) is 75.2 Å². The Bertz CT molecular complexity index is 1450. The molecule has 0 spiro atoms. The number of ether oxygens (including phenoxy) is 1. The van der Waals surface area contributed by atoms with Crippen molar-refractivity contribution in [3.63, 3.8) is 0 Å². The summed E-state index contributed by atoms with van der Waals surface area (Å²) in [6, 6.07) is 11.8. The van der Waals surface area contributed by atoms with Crippen molar-refractivity contribution in [2.45, 2.75) is 38.6 Å². The molecular weight excluding hydrogens is 510 g/mol. The maximum absolute atomic E-state index is 13.7. The number of methoxy groups -OCH3 is 1. The molecule has 0 saturated carbocycles. The summed E-state index contributed by atoms with van der Waals surface area (Å²) in [5.74, 6) is -1.07. The van der Waals surface area contributed by atoms with E-state index in [4.69, 9.17) is 4.74 Å². The van der Waals surface area contributed by atoms with Gasteiger partial charge in [0.05, 0.1) is 23.3 Å². The molecule has 0 fully saturated rings. The van der Waals surface area contributed by atoms with Crippen LogP contribution in [0.3, 0.4) is 0 Å². The van der Waals surface area contributed by atoms with Crippen molar-refractivity contribution < 1.29 is 22.7 Å². The topological polar surface area (TPSA) is 96.0 Å². The Kier molecular flexibility index (Phi) is 7.72. The summed E-state index contributed by atoms with van der Waals surface area (Å²) in [5.41, 5.74) is 4.46. The lowest BCUT2D eigenvalue weighted by atomic mass is 10.0. The van der Waals surface area contributed by atoms with Gasteiger partial charge in [0.1, 0.15) is 11.5 Å². The molecule has 37 heavy (non-hydrogen) atoms. The number of sulfonamides is 1. The van der Waals surface area contributed by atoms with E-state index >= 15 is 0 Å². The number of anilines is 2. The number of nitrogens with one attached hydrogen (secondary N) is 1. The monoisotopic (exact) mass is 541 g/mol. The maximum Gasteiger partial charge on any atom is 0.341 e. The van der Waals surface area contributed by atoms with Gasteiger partial charge in [-0.25, -0.2) is 13.2 Å². The second-order valence-electron chi connectivity index (χ2n) is 9.33. The standard InChI is InChI=1S/C27H31N3O5S2/c1-17-6-10-21(11-7-17)37(33,34)30(20-9-8-18(2)19(3)14-20)16-24(31)28-26-25(27(32)35-5)22-12-13-29(4)15-23(22)36-26/h6-11,14H,12-13,15-16H2,1-5H3,(H,28,31). The normalized spacial score (nSPS) is 13.6. The molecule has 1 N–H and O–H groups in total. The van der Waals surface area contributed by atoms with E-state index in [0.717, 1.165) is 38.0 Å². The van der Waals surface area contributed by atoms with Gasteiger partial charge in [-0.1, -0.05) is 23.8 Å². The van der Waals surface area contributed by atoms with E-state index in [1.54, 1.807) is 24.3 Å². The highest BCUT2D eigenvalue weighted by molar-refractivity contribution is 7.92. The van der Waals surface area contributed by atoms with Crippen LogP contribution >= 0.6 is 11.3 Å². The molecule has 8 nitrogen and oxygen atoms in total. The van der Waals surface area contributed by atoms with Crippen LogP contribution in [0, 0.1) is 20.8 Å². The summed E-state index contributed by atoms with van der Waals surface area (Å²) >= 11 is 1.33. The lowest BCUT2D eigenvalue weighted by Crippen LogP contribution is -2.38. The van der Waals surface area contributed by atoms with E-state index in [2.05, 4.69) is 10.2 Å². The second-order valence-corrected chi connectivity index (χ2v) is 12.3. The number of thiophene rings is 1. The number of hydrogen-bond acceptors (Lipinski definition) is 7. The third kappa shape index (κ3) is 5.56. The molecule has 0 unspecified atom stereocenters. The first-order valence-electron chi connectivity index (χ1n) is 11.9. The number of aryl methyl sites for hydroxylation is 3. The number of nitrogens with zero attached hydrogens (tertiary/aromatic N) is 2. The van der Waals surface area contributed by atoms with Crippen LogP contribution in [0.2, 0.25) is 0 Å². The summed E-state index contributed by atoms with van der Waals surface area (Å²) in [5, 5.41) is 3.19. The zero-order valence-electron chi connectivity index (χ0n) is 21.6. The molecule has 2 heterocycles. The largest absolute Gasteiger partial charge is 0.465 e. The molecular formula is C27H31N3O5S2. The molecule has 1 aromatic heterocycles. The number of esters is 1. The minimum Gasteiger partial charge on any atom is -0.465 e. The van der Waals surface area contributed by atoms with E-state index in [1.807, 2.05) is 33.9 Å². The van der Waals surface area contributed by atoms with Gasteiger partial charge in [0.2, 0.25) is 5.91 Å². The predicted molar refractivity (Wildman–Crippen MR) is 146 cm³/mol. The predicted octanol–water partition coefficient (Wildman–Crippen LogP) is 4.28. The fraction of sp³-hybridized carbons (Fsp3) is 0.333. The molecule has 196 valence electrons. The highest BCUT2D eigenvalue weighted by Gasteiger charge is 2.31. The molecule has 1 aliphatic rings. The highest BCUT2D eigenvalue weighted by Crippen LogP contribution is 2.37. The number of amides is 1. The Morgan fingerprint density at radius 1 is 1.08 bits per heavy atom. The van der Waals surface area contributed by atoms with Crippen LogP contribution in [-0.4, -0.2) is 52.4 Å². The van der Waals surface area contributed by atoms with Crippen molar-refractivity contribution in [2.24, 2.45) is 0 Å². The SMILES string of the molecule is COC(=O)c1c(NC(=O)CN(c2ccc(C)c(C)c2)S(=O)(=O)c2ccc(C)cc2)sc2c1CCN(C)C2. The number of likely N-dealkylation sites (N-methyl/N-ethyl adjacent to an activating group) is 1. The molecule has 4 rings (SSSR count). The number of carbonyl (C=O) groups is 2. The van der Waals surface area contributed by atoms with Gasteiger partial charge in [-0.05, 0) is 75.2 Å². The van der Waals surface area contributed by atoms with E-state index in [9.17, 15) is 18.0 Å². The number of hydrogen-bond donors (Lipinski definition) is 1. The Morgan fingerprint density at radius 2 is 1.78 bits per heavy atom. The number of carbonyl (C=O) groups excluding carboxylic acids is 2. The molecule has 10 heteroatoms. The van der Waals surface area contributed by atoms with Crippen LogP contribution in [-0.2, 0) is 32.5 Å². The van der Waals surface area contributed by atoms with Crippen molar-refractivity contribution in [1.82, 2.24) is 4.90 Å². The molecule has 0 bridgehead atoms. The summed E-state index contributed by atoms with van der Waals surface area (Å²) < 4.78 is 33.5. The molecule has 0 saturated heterocycles. The van der Waals surface area contributed by atoms with Crippen LogP contribution in [0.4, 0.5) is 10.7 Å². The molecule has 0 aliphatic carbocycles. The van der Waals surface area contributed by atoms with Crippen LogP contribution in [0.5, 0.6) is 0 Å². The molecule has 1 aliphatic heterocycles. The van der Waals surface area contributed by atoms with E-state index < -0.39 is 28.4 Å². The van der Waals surface area contributed by atoms with Crippen LogP contribution < -0.4 is 9.62 Å². The minimum atomic E-state index is -4.05. The Balaban J connectivity index is 1.70. The van der Waals surface area contributed by atoms with Gasteiger partial charge in [0, 0.05) is 18.0 Å². The number of rotatable bonds is 7. The molecule has 0 radical (unpaired) electrons. The van der Waals surface area contributed by atoms with Gasteiger partial charge in [-0.15, -0.1) is 11.3 Å². The van der Waals surface area contributed by atoms with Crippen molar-refractivity contribution in [1.29, 1.82) is 0 Å². The summed E-state index contributed by atoms with van der Waals surface area (Å²) in [6.07, 6.45) is 0.666. The average Bonchev–Trinajstić information content (AvgIpc) is 3.20. The van der Waals surface area contributed by atoms with E-state index in [0.29, 0.717) is 29.2 Å². The van der Waals surface area contributed by atoms with Crippen molar-refractivity contribution in [3.8, 4) is 0 Å². The van der Waals surface area contributed by atoms with Crippen molar-refractivity contribution >= 4 is 43.9 Å². The second kappa shape index (κ2) is 10.6. The Hall–Kier alpha value is -3.21. The van der Waals surface area contributed by atoms with Gasteiger partial charge < -0.3 is 15.0 Å². The average molecular weight is 542 g/mol. The lowest BCUT2D eigenvalue weighted by molar-refractivity contribution is -0.114. The molecule has 0 atom stereocenters. The third-order valence-electron chi connectivity index (χ3n) is 6.56. The van der Waals surface area contributed by atoms with Gasteiger partial charge in [0.25, 0.3) is 10.0 Å². The van der Waals surface area contributed by atoms with Crippen molar-refractivity contribution in [2.75, 3.05) is 36.9 Å². The zero-order chi connectivity index (χ0) is 26.9. The molecule has 2 aromatic carbocycles. The maximum atomic E-state index is 13.7. The van der Waals surface area contributed by atoms with Gasteiger partial charge in [0.15, 0.2) is 0 Å². The fourth-order valence-corrected chi connectivity index (χ4v) is 7.01. The highest BCUT2D eigenvalue weighted by atomic mass is 32.2. The number of benzene rings is 2. The van der Waals surface area contributed by atoms with Gasteiger partial charge in [-0.3, -0.25) is 9.10 Å².